The smallest absolute Gasteiger partial charge is 0.000768 e. The van der Waals surface area contributed by atoms with Crippen LogP contribution in [0.15, 0.2) is 97.1 Å². The molecule has 1 heterocycles. The first-order valence-corrected chi connectivity index (χ1v) is 8.90. The summed E-state index contributed by atoms with van der Waals surface area (Å²) in [6, 6.07) is 37.3. The van der Waals surface area contributed by atoms with Crippen LogP contribution in [0.1, 0.15) is 0 Å². The van der Waals surface area contributed by atoms with Gasteiger partial charge in [0.05, 0.1) is 0 Å². The van der Waals surface area contributed by atoms with Gasteiger partial charge in [0.1, 0.15) is 0 Å². The van der Waals surface area contributed by atoms with Crippen molar-refractivity contribution in [1.29, 1.82) is 0 Å². The summed E-state index contributed by atoms with van der Waals surface area (Å²) in [6.45, 7) is 0. The Morgan fingerprint density at radius 3 is 1.80 bits per heavy atom. The summed E-state index contributed by atoms with van der Waals surface area (Å²) in [7, 11) is 1.22. The maximum absolute atomic E-state index is 3.37. The van der Waals surface area contributed by atoms with Crippen LogP contribution in [0, 0.1) is 6.07 Å². The molecule has 4 rings (SSSR count). The topological polar surface area (TPSA) is 0 Å². The minimum absolute atomic E-state index is 0. The normalized spacial score (nSPS) is 10.4. The van der Waals surface area contributed by atoms with Gasteiger partial charge < -0.3 is 0 Å². The predicted octanol–water partition coefficient (Wildman–Crippen LogP) is 7.07. The fourth-order valence-corrected chi connectivity index (χ4v) is 3.98. The van der Waals surface area contributed by atoms with Gasteiger partial charge in [-0.05, 0) is 22.8 Å². The Hall–Kier alpha value is -2.04. The minimum atomic E-state index is 0. The third kappa shape index (κ3) is 4.14. The van der Waals surface area contributed by atoms with Crippen molar-refractivity contribution in [2.24, 2.45) is 0 Å². The van der Waals surface area contributed by atoms with E-state index in [-0.39, 0.29) is 20.1 Å². The number of benzene rings is 3. The molecule has 0 spiro atoms. The van der Waals surface area contributed by atoms with Gasteiger partial charge in [0, 0.05) is 25.4 Å². The van der Waals surface area contributed by atoms with E-state index in [2.05, 4.69) is 91.0 Å². The van der Waals surface area contributed by atoms with Crippen LogP contribution >= 0.6 is 8.19 Å². The quantitative estimate of drug-likeness (QED) is 0.256. The molecule has 4 aromatic rings. The standard InChI is InChI=1S/C23H16P.Ir/c1-4-10-18(11-5-1)21-16-22(19-12-6-2-7-13-19)24-23(17-21)20-14-8-3-9-15-20;/h1-14,16-17H;/q-1;. The fraction of sp³-hybridized carbons (Fsp3) is 0. The van der Waals surface area contributed by atoms with E-state index in [9.17, 15) is 0 Å². The second-order valence-corrected chi connectivity index (χ2v) is 6.82. The Morgan fingerprint density at radius 2 is 1.16 bits per heavy atom. The van der Waals surface area contributed by atoms with Gasteiger partial charge in [0.25, 0.3) is 0 Å². The first-order valence-electron chi connectivity index (χ1n) is 8.00. The number of rotatable bonds is 3. The van der Waals surface area contributed by atoms with E-state index in [4.69, 9.17) is 0 Å². The first kappa shape index (κ1) is 17.8. The molecule has 0 aliphatic heterocycles. The Kier molecular flexibility index (Phi) is 5.95. The summed E-state index contributed by atoms with van der Waals surface area (Å²) in [6.07, 6.45) is 0. The molecular formula is C23H16IrP-. The van der Waals surface area contributed by atoms with Crippen LogP contribution in [0.4, 0.5) is 0 Å². The zero-order chi connectivity index (χ0) is 16.2. The van der Waals surface area contributed by atoms with Gasteiger partial charge >= 0.3 is 0 Å². The Morgan fingerprint density at radius 1 is 0.560 bits per heavy atom. The van der Waals surface area contributed by atoms with Crippen molar-refractivity contribution in [2.75, 3.05) is 0 Å². The fourth-order valence-electron chi connectivity index (χ4n) is 2.78. The second-order valence-electron chi connectivity index (χ2n) is 5.63. The van der Waals surface area contributed by atoms with Crippen LogP contribution < -0.4 is 0 Å². The van der Waals surface area contributed by atoms with Gasteiger partial charge in [-0.3, -0.25) is 0 Å². The molecule has 2 heteroatoms. The molecule has 123 valence electrons. The largest absolute Gasteiger partial charge is 0.147 e. The third-order valence-corrected chi connectivity index (χ3v) is 5.23. The van der Waals surface area contributed by atoms with E-state index in [0.29, 0.717) is 0 Å². The molecule has 0 atom stereocenters. The Balaban J connectivity index is 0.00000182. The van der Waals surface area contributed by atoms with Crippen LogP contribution in [-0.4, -0.2) is 0 Å². The zero-order valence-electron chi connectivity index (χ0n) is 13.5. The summed E-state index contributed by atoms with van der Waals surface area (Å²) in [4.78, 5) is 0. The maximum Gasteiger partial charge on any atom is 0.000768 e. The van der Waals surface area contributed by atoms with Gasteiger partial charge in [0.15, 0.2) is 0 Å². The van der Waals surface area contributed by atoms with E-state index in [1.807, 2.05) is 12.1 Å². The van der Waals surface area contributed by atoms with Gasteiger partial charge in [-0.25, -0.2) is 0 Å². The number of hydrogen-bond donors (Lipinski definition) is 0. The molecule has 3 aromatic carbocycles. The number of hydrogen-bond acceptors (Lipinski definition) is 0. The molecule has 0 amide bonds. The van der Waals surface area contributed by atoms with Crippen LogP contribution in [-0.2, 0) is 20.1 Å². The van der Waals surface area contributed by atoms with E-state index < -0.39 is 0 Å². The van der Waals surface area contributed by atoms with Gasteiger partial charge in [-0.1, -0.05) is 72.0 Å². The van der Waals surface area contributed by atoms with Crippen LogP contribution in [0.5, 0.6) is 0 Å². The van der Waals surface area contributed by atoms with Crippen molar-refractivity contribution in [3.05, 3.63) is 103 Å². The summed E-state index contributed by atoms with van der Waals surface area (Å²) < 4.78 is 0. The molecule has 0 fully saturated rings. The molecule has 0 saturated heterocycles. The molecule has 1 radical (unpaired) electrons. The molecule has 0 aliphatic carbocycles. The van der Waals surface area contributed by atoms with Crippen LogP contribution in [0.3, 0.4) is 0 Å². The average molecular weight is 516 g/mol. The summed E-state index contributed by atoms with van der Waals surface area (Å²) in [5.41, 5.74) is 4.93. The molecule has 25 heavy (non-hydrogen) atoms. The molecule has 0 bridgehead atoms. The van der Waals surface area contributed by atoms with E-state index in [1.54, 1.807) is 0 Å². The van der Waals surface area contributed by atoms with Crippen molar-refractivity contribution in [1.82, 2.24) is 0 Å². The maximum atomic E-state index is 3.37. The van der Waals surface area contributed by atoms with E-state index >= 15 is 0 Å². The van der Waals surface area contributed by atoms with Crippen LogP contribution in [0.2, 0.25) is 0 Å². The van der Waals surface area contributed by atoms with Crippen LogP contribution in [0.25, 0.3) is 32.8 Å². The van der Waals surface area contributed by atoms with E-state index in [1.165, 1.54) is 35.5 Å². The zero-order valence-corrected chi connectivity index (χ0v) is 16.8. The molecular weight excluding hydrogens is 499 g/mol. The Labute approximate surface area is 164 Å². The SMILES string of the molecule is [Ir].[c-]1ccccc1-c1cc(-c2ccccc2)cc(-c2ccccc2)p1. The second kappa shape index (κ2) is 8.36. The van der Waals surface area contributed by atoms with Crippen molar-refractivity contribution >= 4 is 8.19 Å². The van der Waals surface area contributed by atoms with E-state index in [0.717, 1.165) is 5.56 Å². The van der Waals surface area contributed by atoms with Crippen molar-refractivity contribution in [3.63, 3.8) is 0 Å². The van der Waals surface area contributed by atoms with Gasteiger partial charge in [-0.2, -0.15) is 0 Å². The van der Waals surface area contributed by atoms with Crippen molar-refractivity contribution in [3.8, 4) is 32.8 Å². The molecule has 1 aromatic heterocycles. The molecule has 0 N–H and O–H groups in total. The van der Waals surface area contributed by atoms with Gasteiger partial charge in [-0.15, -0.1) is 44.1 Å². The minimum Gasteiger partial charge on any atom is -0.147 e. The average Bonchev–Trinajstić information content (AvgIpc) is 2.70. The third-order valence-electron chi connectivity index (χ3n) is 3.99. The van der Waals surface area contributed by atoms with Crippen molar-refractivity contribution < 1.29 is 20.1 Å². The molecule has 0 nitrogen and oxygen atoms in total. The molecule has 0 saturated carbocycles. The predicted molar refractivity (Wildman–Crippen MR) is 104 cm³/mol. The van der Waals surface area contributed by atoms with Crippen molar-refractivity contribution in [2.45, 2.75) is 0 Å². The molecule has 0 aliphatic rings. The molecule has 0 unspecified atom stereocenters. The Bertz CT molecular complexity index is 796. The van der Waals surface area contributed by atoms with Gasteiger partial charge in [0.2, 0.25) is 0 Å². The first-order chi connectivity index (χ1) is 11.9. The monoisotopic (exact) mass is 516 g/mol. The summed E-state index contributed by atoms with van der Waals surface area (Å²) >= 11 is 0. The summed E-state index contributed by atoms with van der Waals surface area (Å²) in [5, 5.41) is 2.61. The summed E-state index contributed by atoms with van der Waals surface area (Å²) in [5.74, 6) is 0.